The molecule has 0 saturated carbocycles. The van der Waals surface area contributed by atoms with Gasteiger partial charge in [0.05, 0.1) is 5.69 Å². The van der Waals surface area contributed by atoms with E-state index in [9.17, 15) is 9.59 Å². The lowest BCUT2D eigenvalue weighted by Gasteiger charge is -2.36. The van der Waals surface area contributed by atoms with E-state index in [-0.39, 0.29) is 30.4 Å². The van der Waals surface area contributed by atoms with Gasteiger partial charge in [0.1, 0.15) is 12.3 Å². The summed E-state index contributed by atoms with van der Waals surface area (Å²) in [4.78, 5) is 31.7. The van der Waals surface area contributed by atoms with E-state index in [0.29, 0.717) is 24.5 Å². The van der Waals surface area contributed by atoms with Crippen LogP contribution in [0.5, 0.6) is 5.75 Å². The Hall–Kier alpha value is -3.12. The molecule has 6 nitrogen and oxygen atoms in total. The topological polar surface area (TPSA) is 53.1 Å². The molecule has 2 aliphatic heterocycles. The van der Waals surface area contributed by atoms with Crippen LogP contribution < -0.4 is 9.64 Å². The van der Waals surface area contributed by atoms with Gasteiger partial charge in [-0.15, -0.1) is 0 Å². The molecule has 0 N–H and O–H groups in total. The van der Waals surface area contributed by atoms with Crippen LogP contribution in [-0.2, 0) is 15.0 Å². The van der Waals surface area contributed by atoms with Crippen molar-refractivity contribution in [1.29, 1.82) is 0 Å². The van der Waals surface area contributed by atoms with Gasteiger partial charge < -0.3 is 9.64 Å². The van der Waals surface area contributed by atoms with Crippen molar-refractivity contribution in [3.05, 3.63) is 65.7 Å². The normalized spacial score (nSPS) is 17.1. The fourth-order valence-electron chi connectivity index (χ4n) is 4.32. The average Bonchev–Trinajstić information content (AvgIpc) is 2.86. The second-order valence-corrected chi connectivity index (χ2v) is 9.68. The quantitative estimate of drug-likeness (QED) is 0.626. The van der Waals surface area contributed by atoms with Crippen LogP contribution in [0.1, 0.15) is 38.3 Å². The van der Waals surface area contributed by atoms with Gasteiger partial charge in [-0.3, -0.25) is 19.4 Å². The molecule has 1 fully saturated rings. The van der Waals surface area contributed by atoms with Gasteiger partial charge in [-0.05, 0) is 35.1 Å². The molecular formula is C28H35N3O3. The SMILES string of the molecule is CCC(C)(C)c1ccc2c(c1)N(CC(=O)N1CCN(CC=Cc3ccccc3)CC1)C(=O)CO2. The molecule has 2 heterocycles. The van der Waals surface area contributed by atoms with Crippen LogP contribution in [-0.4, -0.2) is 67.5 Å². The van der Waals surface area contributed by atoms with Crippen LogP contribution in [0, 0.1) is 0 Å². The summed E-state index contributed by atoms with van der Waals surface area (Å²) in [7, 11) is 0. The molecule has 2 amide bonds. The van der Waals surface area contributed by atoms with E-state index in [1.54, 1.807) is 4.90 Å². The highest BCUT2D eigenvalue weighted by atomic mass is 16.5. The molecule has 0 unspecified atom stereocenters. The van der Waals surface area contributed by atoms with Crippen molar-refractivity contribution in [3.63, 3.8) is 0 Å². The zero-order valence-electron chi connectivity index (χ0n) is 20.5. The highest BCUT2D eigenvalue weighted by Crippen LogP contribution is 2.37. The minimum absolute atomic E-state index is 0.0131. The summed E-state index contributed by atoms with van der Waals surface area (Å²) in [6.07, 6.45) is 5.28. The van der Waals surface area contributed by atoms with Gasteiger partial charge in [0.25, 0.3) is 5.91 Å². The Labute approximate surface area is 202 Å². The maximum Gasteiger partial charge on any atom is 0.265 e. The van der Waals surface area contributed by atoms with E-state index in [0.717, 1.165) is 31.6 Å². The fourth-order valence-corrected chi connectivity index (χ4v) is 4.32. The van der Waals surface area contributed by atoms with Gasteiger partial charge in [-0.1, -0.05) is 69.3 Å². The van der Waals surface area contributed by atoms with E-state index in [1.165, 1.54) is 5.56 Å². The molecular weight excluding hydrogens is 426 g/mol. The Bertz CT molecular complexity index is 1040. The molecule has 2 aliphatic rings. The molecule has 2 aromatic rings. The first-order chi connectivity index (χ1) is 16.4. The molecule has 4 rings (SSSR count). The molecule has 0 radical (unpaired) electrons. The van der Waals surface area contributed by atoms with Crippen LogP contribution in [0.3, 0.4) is 0 Å². The number of benzene rings is 2. The van der Waals surface area contributed by atoms with Crippen molar-refractivity contribution in [2.75, 3.05) is 50.8 Å². The Morgan fingerprint density at radius 2 is 1.79 bits per heavy atom. The summed E-state index contributed by atoms with van der Waals surface area (Å²) in [5, 5.41) is 0. The third kappa shape index (κ3) is 5.50. The minimum Gasteiger partial charge on any atom is -0.482 e. The summed E-state index contributed by atoms with van der Waals surface area (Å²) in [5.74, 6) is 0.482. The van der Waals surface area contributed by atoms with Gasteiger partial charge in [-0.2, -0.15) is 0 Å². The number of rotatable bonds is 7. The largest absolute Gasteiger partial charge is 0.482 e. The summed E-state index contributed by atoms with van der Waals surface area (Å²) in [6.45, 7) is 10.4. The first kappa shape index (κ1) is 24.0. The Balaban J connectivity index is 1.36. The number of nitrogens with zero attached hydrogens (tertiary/aromatic N) is 3. The first-order valence-electron chi connectivity index (χ1n) is 12.2. The molecule has 2 aromatic carbocycles. The van der Waals surface area contributed by atoms with Crippen LogP contribution in [0.2, 0.25) is 0 Å². The predicted octanol–water partition coefficient (Wildman–Crippen LogP) is 3.96. The fraction of sp³-hybridized carbons (Fsp3) is 0.429. The highest BCUT2D eigenvalue weighted by molar-refractivity contribution is 6.02. The molecule has 0 aliphatic carbocycles. The summed E-state index contributed by atoms with van der Waals surface area (Å²) in [6, 6.07) is 16.3. The number of hydrogen-bond acceptors (Lipinski definition) is 4. The maximum atomic E-state index is 13.1. The molecule has 0 atom stereocenters. The standard InChI is InChI=1S/C28H35N3O3/c1-4-28(2,3)23-12-13-25-24(19-23)31(27(33)21-34-25)20-26(32)30-17-15-29(16-18-30)14-8-11-22-9-6-5-7-10-22/h5-13,19H,4,14-18,20-21H2,1-3H3. The van der Waals surface area contributed by atoms with Crippen LogP contribution in [0.15, 0.2) is 54.6 Å². The number of piperazine rings is 1. The van der Waals surface area contributed by atoms with Gasteiger partial charge >= 0.3 is 0 Å². The molecule has 0 bridgehead atoms. The van der Waals surface area contributed by atoms with Gasteiger partial charge in [0, 0.05) is 32.7 Å². The zero-order valence-corrected chi connectivity index (χ0v) is 20.5. The number of fused-ring (bicyclic) bond motifs is 1. The second-order valence-electron chi connectivity index (χ2n) is 9.68. The Kier molecular flexibility index (Phi) is 7.37. The van der Waals surface area contributed by atoms with Crippen molar-refractivity contribution in [3.8, 4) is 5.75 Å². The third-order valence-electron chi connectivity index (χ3n) is 7.06. The number of amides is 2. The monoisotopic (exact) mass is 461 g/mol. The molecule has 0 aromatic heterocycles. The van der Waals surface area contributed by atoms with E-state index in [2.05, 4.69) is 56.0 Å². The second kappa shape index (κ2) is 10.4. The Morgan fingerprint density at radius 1 is 1.06 bits per heavy atom. The van der Waals surface area contributed by atoms with Crippen molar-refractivity contribution >= 4 is 23.6 Å². The summed E-state index contributed by atoms with van der Waals surface area (Å²) >= 11 is 0. The minimum atomic E-state index is -0.169. The van der Waals surface area contributed by atoms with Gasteiger partial charge in [0.2, 0.25) is 5.91 Å². The number of carbonyl (C=O) groups is 2. The summed E-state index contributed by atoms with van der Waals surface area (Å²) in [5.41, 5.74) is 3.02. The first-order valence-corrected chi connectivity index (χ1v) is 12.2. The van der Waals surface area contributed by atoms with Gasteiger partial charge in [0.15, 0.2) is 6.61 Å². The highest BCUT2D eigenvalue weighted by Gasteiger charge is 2.31. The lowest BCUT2D eigenvalue weighted by Crippen LogP contribution is -2.52. The van der Waals surface area contributed by atoms with Crippen molar-refractivity contribution in [2.24, 2.45) is 0 Å². The van der Waals surface area contributed by atoms with Crippen molar-refractivity contribution < 1.29 is 14.3 Å². The number of anilines is 1. The molecule has 180 valence electrons. The lowest BCUT2D eigenvalue weighted by atomic mass is 9.82. The van der Waals surface area contributed by atoms with Crippen molar-refractivity contribution in [1.82, 2.24) is 9.80 Å². The predicted molar refractivity (Wildman–Crippen MR) is 136 cm³/mol. The lowest BCUT2D eigenvalue weighted by molar-refractivity contribution is -0.133. The van der Waals surface area contributed by atoms with Gasteiger partial charge in [-0.25, -0.2) is 0 Å². The number of hydrogen-bond donors (Lipinski definition) is 0. The molecule has 0 spiro atoms. The molecule has 34 heavy (non-hydrogen) atoms. The summed E-state index contributed by atoms with van der Waals surface area (Å²) < 4.78 is 5.65. The van der Waals surface area contributed by atoms with E-state index in [1.807, 2.05) is 35.2 Å². The number of ether oxygens (including phenoxy) is 1. The molecule has 6 heteroatoms. The average molecular weight is 462 g/mol. The van der Waals surface area contributed by atoms with E-state index >= 15 is 0 Å². The van der Waals surface area contributed by atoms with E-state index < -0.39 is 0 Å². The smallest absolute Gasteiger partial charge is 0.265 e. The van der Waals surface area contributed by atoms with E-state index in [4.69, 9.17) is 4.74 Å². The zero-order chi connectivity index (χ0) is 24.1. The van der Waals surface area contributed by atoms with Crippen LogP contribution >= 0.6 is 0 Å². The Morgan fingerprint density at radius 3 is 2.50 bits per heavy atom. The van der Waals surface area contributed by atoms with Crippen LogP contribution in [0.25, 0.3) is 6.08 Å². The number of carbonyl (C=O) groups excluding carboxylic acids is 2. The van der Waals surface area contributed by atoms with Crippen molar-refractivity contribution in [2.45, 2.75) is 32.6 Å². The maximum absolute atomic E-state index is 13.1. The molecule has 1 saturated heterocycles. The third-order valence-corrected chi connectivity index (χ3v) is 7.06. The van der Waals surface area contributed by atoms with Crippen LogP contribution in [0.4, 0.5) is 5.69 Å².